The lowest BCUT2D eigenvalue weighted by Gasteiger charge is -2.18. The third kappa shape index (κ3) is 3.41. The van der Waals surface area contributed by atoms with Crippen LogP contribution in [-0.4, -0.2) is 38.0 Å². The van der Waals surface area contributed by atoms with Crippen LogP contribution in [0, 0.1) is 0 Å². The summed E-state index contributed by atoms with van der Waals surface area (Å²) < 4.78 is 24.0. The summed E-state index contributed by atoms with van der Waals surface area (Å²) in [6.07, 6.45) is 1.39. The first-order valence-corrected chi connectivity index (χ1v) is 10.6. The number of ether oxygens (including phenoxy) is 4. The average molecular weight is 429 g/mol. The Hall–Kier alpha value is -3.00. The van der Waals surface area contributed by atoms with Gasteiger partial charge < -0.3 is 18.9 Å². The Morgan fingerprint density at radius 2 is 2.10 bits per heavy atom. The summed E-state index contributed by atoms with van der Waals surface area (Å²) in [5.41, 5.74) is 1.62. The van der Waals surface area contributed by atoms with Gasteiger partial charge in [0.1, 0.15) is 27.6 Å². The van der Waals surface area contributed by atoms with Gasteiger partial charge in [-0.15, -0.1) is 11.3 Å². The summed E-state index contributed by atoms with van der Waals surface area (Å²) in [5.74, 6) is 1.39. The highest BCUT2D eigenvalue weighted by Crippen LogP contribution is 2.37. The number of carbonyl (C=O) groups excluding carboxylic acids is 1. The quantitative estimate of drug-likeness (QED) is 0.557. The minimum absolute atomic E-state index is 0.178. The molecule has 0 bridgehead atoms. The number of aromatic nitrogens is 1. The van der Waals surface area contributed by atoms with E-state index in [1.807, 2.05) is 11.4 Å². The number of thiophene rings is 1. The molecule has 0 N–H and O–H groups in total. The second kappa shape index (κ2) is 8.39. The molecule has 0 spiro atoms. The molecule has 8 heteroatoms. The molecule has 158 valence electrons. The van der Waals surface area contributed by atoms with E-state index in [1.165, 1.54) is 15.9 Å². The zero-order valence-electron chi connectivity index (χ0n) is 17.1. The van der Waals surface area contributed by atoms with Gasteiger partial charge in [0.05, 0.1) is 34.0 Å². The monoisotopic (exact) mass is 429 g/mol. The van der Waals surface area contributed by atoms with Crippen molar-refractivity contribution in [3.63, 3.8) is 0 Å². The molecule has 7 nitrogen and oxygen atoms in total. The molecule has 0 radical (unpaired) electrons. The fraction of sp³-hybridized carbons (Fsp3) is 0.364. The zero-order valence-corrected chi connectivity index (χ0v) is 18.0. The number of carbonyl (C=O) groups is 1. The molecule has 4 rings (SSSR count). The maximum absolute atomic E-state index is 13.4. The lowest BCUT2D eigenvalue weighted by Crippen LogP contribution is -2.29. The van der Waals surface area contributed by atoms with E-state index in [4.69, 9.17) is 18.9 Å². The number of nitrogens with zero attached hydrogens (tertiary/aromatic N) is 1. The van der Waals surface area contributed by atoms with E-state index >= 15 is 0 Å². The first-order valence-electron chi connectivity index (χ1n) is 9.76. The molecule has 0 amide bonds. The van der Waals surface area contributed by atoms with Gasteiger partial charge in [0.2, 0.25) is 0 Å². The summed E-state index contributed by atoms with van der Waals surface area (Å²) >= 11 is 1.34. The van der Waals surface area contributed by atoms with Crippen LogP contribution in [0.5, 0.6) is 17.2 Å². The van der Waals surface area contributed by atoms with Gasteiger partial charge in [-0.3, -0.25) is 9.36 Å². The third-order valence-electron chi connectivity index (χ3n) is 5.17. The summed E-state index contributed by atoms with van der Waals surface area (Å²) in [5, 5.41) is 2.58. The Labute approximate surface area is 177 Å². The van der Waals surface area contributed by atoms with Crippen molar-refractivity contribution in [2.45, 2.75) is 26.3 Å². The standard InChI is InChI=1S/C22H23NO6S/c1-4-28-22(25)19-15-6-5-9-29-17-12-30-20(18(15)17)21(24)23(19)11-13-7-8-14(26-2)10-16(13)27-3/h7-8,10,12H,4-6,9,11H2,1-3H3. The van der Waals surface area contributed by atoms with Crippen LogP contribution < -0.4 is 19.8 Å². The minimum atomic E-state index is -0.502. The predicted molar refractivity (Wildman–Crippen MR) is 115 cm³/mol. The van der Waals surface area contributed by atoms with E-state index in [2.05, 4.69) is 0 Å². The molecule has 0 saturated carbocycles. The molecule has 1 aliphatic heterocycles. The molecular formula is C22H23NO6S. The van der Waals surface area contributed by atoms with Gasteiger partial charge in [0.15, 0.2) is 0 Å². The topological polar surface area (TPSA) is 76.0 Å². The molecule has 0 saturated heterocycles. The number of methoxy groups -OCH3 is 2. The van der Waals surface area contributed by atoms with Gasteiger partial charge in [0, 0.05) is 22.4 Å². The van der Waals surface area contributed by atoms with Crippen LogP contribution in [0.3, 0.4) is 0 Å². The number of esters is 1. The normalized spacial score (nSPS) is 12.9. The Morgan fingerprint density at radius 3 is 2.83 bits per heavy atom. The lowest BCUT2D eigenvalue weighted by molar-refractivity contribution is 0.0511. The largest absolute Gasteiger partial charge is 0.497 e. The first kappa shape index (κ1) is 20.3. The van der Waals surface area contributed by atoms with Crippen LogP contribution in [0.15, 0.2) is 28.4 Å². The fourth-order valence-electron chi connectivity index (χ4n) is 3.81. The molecule has 1 aliphatic rings. The number of hydrogen-bond acceptors (Lipinski definition) is 7. The van der Waals surface area contributed by atoms with Gasteiger partial charge in [0.25, 0.3) is 5.56 Å². The van der Waals surface area contributed by atoms with Crippen molar-refractivity contribution in [2.75, 3.05) is 27.4 Å². The second-order valence-electron chi connectivity index (χ2n) is 6.87. The van der Waals surface area contributed by atoms with Crippen molar-refractivity contribution < 1.29 is 23.7 Å². The van der Waals surface area contributed by atoms with Crippen LogP contribution in [-0.2, 0) is 17.7 Å². The molecule has 0 atom stereocenters. The molecule has 0 aliphatic carbocycles. The molecule has 3 aromatic rings. The van der Waals surface area contributed by atoms with E-state index in [0.29, 0.717) is 35.0 Å². The summed E-state index contributed by atoms with van der Waals surface area (Å²) in [6.45, 7) is 2.70. The maximum atomic E-state index is 13.4. The van der Waals surface area contributed by atoms with Gasteiger partial charge in [-0.05, 0) is 37.5 Å². The molecule has 1 aromatic carbocycles. The Bertz CT molecular complexity index is 1160. The van der Waals surface area contributed by atoms with Crippen LogP contribution in [0.2, 0.25) is 0 Å². The minimum Gasteiger partial charge on any atom is -0.497 e. The Kier molecular flexibility index (Phi) is 5.67. The number of aryl methyl sites for hydroxylation is 1. The maximum Gasteiger partial charge on any atom is 0.355 e. The highest BCUT2D eigenvalue weighted by atomic mass is 32.1. The van der Waals surface area contributed by atoms with Gasteiger partial charge in [-0.2, -0.15) is 0 Å². The van der Waals surface area contributed by atoms with E-state index < -0.39 is 5.97 Å². The molecule has 3 heterocycles. The number of hydrogen-bond donors (Lipinski definition) is 0. The van der Waals surface area contributed by atoms with Crippen molar-refractivity contribution in [3.8, 4) is 17.2 Å². The van der Waals surface area contributed by atoms with Crippen molar-refractivity contribution in [1.82, 2.24) is 4.57 Å². The molecular weight excluding hydrogens is 406 g/mol. The highest BCUT2D eigenvalue weighted by molar-refractivity contribution is 7.17. The second-order valence-corrected chi connectivity index (χ2v) is 7.75. The molecule has 2 aromatic heterocycles. The number of benzene rings is 1. The van der Waals surface area contributed by atoms with E-state index in [9.17, 15) is 9.59 Å². The van der Waals surface area contributed by atoms with E-state index in [0.717, 1.165) is 22.9 Å². The van der Waals surface area contributed by atoms with Crippen molar-refractivity contribution in [1.29, 1.82) is 0 Å². The Morgan fingerprint density at radius 1 is 1.27 bits per heavy atom. The average Bonchev–Trinajstić information content (AvgIpc) is 3.07. The summed E-state index contributed by atoms with van der Waals surface area (Å²) in [6, 6.07) is 5.40. The van der Waals surface area contributed by atoms with E-state index in [-0.39, 0.29) is 24.4 Å². The SMILES string of the molecule is CCOC(=O)c1c2c3c(csc3c(=O)n1Cc1ccc(OC)cc1OC)OCCC2. The van der Waals surface area contributed by atoms with Crippen LogP contribution in [0.4, 0.5) is 0 Å². The highest BCUT2D eigenvalue weighted by Gasteiger charge is 2.28. The smallest absolute Gasteiger partial charge is 0.355 e. The number of rotatable bonds is 6. The third-order valence-corrected chi connectivity index (χ3v) is 6.12. The molecule has 30 heavy (non-hydrogen) atoms. The summed E-state index contributed by atoms with van der Waals surface area (Å²) in [7, 11) is 3.14. The van der Waals surface area contributed by atoms with Crippen LogP contribution in [0.1, 0.15) is 35.0 Å². The number of pyridine rings is 1. The molecule has 0 fully saturated rings. The van der Waals surface area contributed by atoms with Crippen molar-refractivity contribution in [3.05, 3.63) is 50.8 Å². The van der Waals surface area contributed by atoms with Gasteiger partial charge in [-0.25, -0.2) is 4.79 Å². The van der Waals surface area contributed by atoms with Gasteiger partial charge >= 0.3 is 5.97 Å². The van der Waals surface area contributed by atoms with Gasteiger partial charge in [-0.1, -0.05) is 0 Å². The Balaban J connectivity index is 1.96. The van der Waals surface area contributed by atoms with Crippen LogP contribution >= 0.6 is 11.3 Å². The van der Waals surface area contributed by atoms with Crippen LogP contribution in [0.25, 0.3) is 10.1 Å². The summed E-state index contributed by atoms with van der Waals surface area (Å²) in [4.78, 5) is 26.4. The fourth-order valence-corrected chi connectivity index (χ4v) is 4.77. The lowest BCUT2D eigenvalue weighted by atomic mass is 10.0. The van der Waals surface area contributed by atoms with Crippen molar-refractivity contribution >= 4 is 27.4 Å². The zero-order chi connectivity index (χ0) is 21.3. The molecule has 0 unspecified atom stereocenters. The predicted octanol–water partition coefficient (Wildman–Crippen LogP) is 3.63. The first-order chi connectivity index (χ1) is 14.6. The van der Waals surface area contributed by atoms with Crippen molar-refractivity contribution in [2.24, 2.45) is 0 Å². The van der Waals surface area contributed by atoms with E-state index in [1.54, 1.807) is 33.3 Å².